The molecule has 2 saturated carbocycles. The number of benzene rings is 1. The molecule has 0 radical (unpaired) electrons. The predicted octanol–water partition coefficient (Wildman–Crippen LogP) is 3.45. The molecule has 3 nitrogen and oxygen atoms in total. The first kappa shape index (κ1) is 17.9. The van der Waals surface area contributed by atoms with Crippen molar-refractivity contribution in [2.45, 2.75) is 31.7 Å². The molecule has 0 spiro atoms. The van der Waals surface area contributed by atoms with Crippen molar-refractivity contribution in [1.29, 1.82) is 0 Å². The maximum absolute atomic E-state index is 12.3. The molecule has 1 amide bonds. The third-order valence-corrected chi connectivity index (χ3v) is 5.87. The van der Waals surface area contributed by atoms with Crippen molar-refractivity contribution in [3.05, 3.63) is 33.8 Å². The summed E-state index contributed by atoms with van der Waals surface area (Å²) in [5.41, 5.74) is 7.15. The minimum absolute atomic E-state index is 0. The summed E-state index contributed by atoms with van der Waals surface area (Å²) in [5.74, 6) is 1.14. The van der Waals surface area contributed by atoms with Crippen LogP contribution in [0.2, 0.25) is 10.0 Å². The minimum atomic E-state index is -0.00131. The summed E-state index contributed by atoms with van der Waals surface area (Å²) >= 11 is 12.1. The van der Waals surface area contributed by atoms with Crippen molar-refractivity contribution < 1.29 is 4.79 Å². The molecule has 2 fully saturated rings. The highest BCUT2D eigenvalue weighted by molar-refractivity contribution is 6.42. The minimum Gasteiger partial charge on any atom is -0.355 e. The predicted molar refractivity (Wildman–Crippen MR) is 92.7 cm³/mol. The van der Waals surface area contributed by atoms with Crippen LogP contribution in [0.15, 0.2) is 18.2 Å². The Morgan fingerprint density at radius 1 is 1.27 bits per heavy atom. The van der Waals surface area contributed by atoms with Gasteiger partial charge >= 0.3 is 0 Å². The Kier molecular flexibility index (Phi) is 6.00. The molecule has 0 aromatic heterocycles. The quantitative estimate of drug-likeness (QED) is 0.861. The Morgan fingerprint density at radius 3 is 2.68 bits per heavy atom. The van der Waals surface area contributed by atoms with E-state index in [4.69, 9.17) is 28.9 Å². The van der Waals surface area contributed by atoms with Gasteiger partial charge in [0, 0.05) is 12.6 Å². The van der Waals surface area contributed by atoms with Gasteiger partial charge in [-0.3, -0.25) is 4.79 Å². The fourth-order valence-corrected chi connectivity index (χ4v) is 4.32. The molecule has 0 saturated heterocycles. The molecule has 0 aliphatic heterocycles. The van der Waals surface area contributed by atoms with Crippen LogP contribution < -0.4 is 11.1 Å². The van der Waals surface area contributed by atoms with Gasteiger partial charge in [-0.2, -0.15) is 0 Å². The molecule has 6 heteroatoms. The summed E-state index contributed by atoms with van der Waals surface area (Å²) in [6, 6.07) is 5.61. The van der Waals surface area contributed by atoms with Gasteiger partial charge in [-0.1, -0.05) is 35.3 Å². The first-order valence-electron chi connectivity index (χ1n) is 7.54. The maximum atomic E-state index is 12.3. The molecular formula is C16H21Cl3N2O. The van der Waals surface area contributed by atoms with Crippen molar-refractivity contribution in [2.75, 3.05) is 6.54 Å². The van der Waals surface area contributed by atoms with Gasteiger partial charge in [0.15, 0.2) is 0 Å². The number of fused-ring (bicyclic) bond motifs is 2. The lowest BCUT2D eigenvalue weighted by Gasteiger charge is -2.27. The number of nitrogens with two attached hydrogens (primary N) is 1. The van der Waals surface area contributed by atoms with E-state index in [1.807, 2.05) is 12.1 Å². The van der Waals surface area contributed by atoms with Crippen LogP contribution in [0, 0.1) is 17.8 Å². The van der Waals surface area contributed by atoms with Gasteiger partial charge < -0.3 is 11.1 Å². The van der Waals surface area contributed by atoms with E-state index in [9.17, 15) is 4.79 Å². The van der Waals surface area contributed by atoms with Crippen molar-refractivity contribution >= 4 is 41.5 Å². The number of carbonyl (C=O) groups is 1. The van der Waals surface area contributed by atoms with Gasteiger partial charge in [0.05, 0.1) is 16.0 Å². The number of amides is 1. The molecule has 3 rings (SSSR count). The topological polar surface area (TPSA) is 55.1 Å². The molecule has 0 heterocycles. The van der Waals surface area contributed by atoms with Gasteiger partial charge in [0.2, 0.25) is 5.91 Å². The summed E-state index contributed by atoms with van der Waals surface area (Å²) in [7, 11) is 0. The molecule has 2 aliphatic rings. The summed E-state index contributed by atoms with van der Waals surface area (Å²) in [6.45, 7) is 0.569. The van der Waals surface area contributed by atoms with E-state index in [1.165, 1.54) is 6.42 Å². The number of rotatable bonds is 4. The monoisotopic (exact) mass is 362 g/mol. The first-order chi connectivity index (χ1) is 10.1. The molecule has 2 aliphatic carbocycles. The number of carbonyl (C=O) groups excluding carboxylic acids is 1. The SMILES string of the molecule is Cl.NC1C2CCC(C2)C1C(=O)NCCc1cccc(Cl)c1Cl. The van der Waals surface area contributed by atoms with Gasteiger partial charge in [0.1, 0.15) is 0 Å². The van der Waals surface area contributed by atoms with E-state index >= 15 is 0 Å². The van der Waals surface area contributed by atoms with Gasteiger partial charge in [-0.15, -0.1) is 12.4 Å². The van der Waals surface area contributed by atoms with E-state index in [0.29, 0.717) is 34.8 Å². The summed E-state index contributed by atoms with van der Waals surface area (Å²) in [5, 5.41) is 4.14. The molecular weight excluding hydrogens is 343 g/mol. The normalized spacial score (nSPS) is 29.2. The van der Waals surface area contributed by atoms with Gasteiger partial charge in [0.25, 0.3) is 0 Å². The lowest BCUT2D eigenvalue weighted by molar-refractivity contribution is -0.127. The zero-order chi connectivity index (χ0) is 15.0. The highest BCUT2D eigenvalue weighted by Gasteiger charge is 2.48. The highest BCUT2D eigenvalue weighted by Crippen LogP contribution is 2.47. The first-order valence-corrected chi connectivity index (χ1v) is 8.29. The molecule has 1 aromatic carbocycles. The molecule has 3 N–H and O–H groups in total. The summed E-state index contributed by atoms with van der Waals surface area (Å²) in [6.07, 6.45) is 4.14. The highest BCUT2D eigenvalue weighted by atomic mass is 35.5. The smallest absolute Gasteiger partial charge is 0.224 e. The van der Waals surface area contributed by atoms with Gasteiger partial charge in [-0.05, 0) is 49.1 Å². The van der Waals surface area contributed by atoms with Crippen molar-refractivity contribution in [1.82, 2.24) is 5.32 Å². The summed E-state index contributed by atoms with van der Waals surface area (Å²) in [4.78, 5) is 12.3. The lowest BCUT2D eigenvalue weighted by Crippen LogP contribution is -2.45. The third-order valence-electron chi connectivity index (χ3n) is 5.01. The average Bonchev–Trinajstić information content (AvgIpc) is 3.04. The Balaban J connectivity index is 0.00000176. The second kappa shape index (κ2) is 7.39. The van der Waals surface area contributed by atoms with E-state index in [2.05, 4.69) is 5.32 Å². The van der Waals surface area contributed by atoms with Crippen LogP contribution in [-0.2, 0) is 11.2 Å². The van der Waals surface area contributed by atoms with Crippen LogP contribution in [0.5, 0.6) is 0 Å². The number of halogens is 3. The van der Waals surface area contributed by atoms with Crippen molar-refractivity contribution in [3.8, 4) is 0 Å². The molecule has 122 valence electrons. The average molecular weight is 364 g/mol. The third kappa shape index (κ3) is 3.38. The van der Waals surface area contributed by atoms with E-state index in [-0.39, 0.29) is 30.3 Å². The maximum Gasteiger partial charge on any atom is 0.224 e. The molecule has 1 aromatic rings. The largest absolute Gasteiger partial charge is 0.355 e. The zero-order valence-corrected chi connectivity index (χ0v) is 14.6. The molecule has 2 bridgehead atoms. The fourth-order valence-electron chi connectivity index (χ4n) is 3.90. The number of hydrogen-bond donors (Lipinski definition) is 2. The Morgan fingerprint density at radius 2 is 2.00 bits per heavy atom. The fraction of sp³-hybridized carbons (Fsp3) is 0.562. The van der Waals surface area contributed by atoms with E-state index < -0.39 is 0 Å². The van der Waals surface area contributed by atoms with Crippen LogP contribution in [-0.4, -0.2) is 18.5 Å². The van der Waals surface area contributed by atoms with Gasteiger partial charge in [-0.25, -0.2) is 0 Å². The molecule has 4 atom stereocenters. The Hall–Kier alpha value is -0.480. The second-order valence-corrected chi connectivity index (χ2v) is 6.98. The Bertz CT molecular complexity index is 550. The van der Waals surface area contributed by atoms with Crippen molar-refractivity contribution in [2.24, 2.45) is 23.5 Å². The molecule has 4 unspecified atom stereocenters. The van der Waals surface area contributed by atoms with E-state index in [1.54, 1.807) is 6.07 Å². The van der Waals surface area contributed by atoms with Crippen LogP contribution in [0.25, 0.3) is 0 Å². The van der Waals surface area contributed by atoms with Crippen LogP contribution in [0.4, 0.5) is 0 Å². The standard InChI is InChI=1S/C16H20Cl2N2O.ClH/c17-12-3-1-2-9(14(12)18)6-7-20-16(21)13-10-4-5-11(8-10)15(13)19;/h1-3,10-11,13,15H,4-8,19H2,(H,20,21);1H. The van der Waals surface area contributed by atoms with E-state index in [0.717, 1.165) is 18.4 Å². The van der Waals surface area contributed by atoms with Crippen LogP contribution in [0.1, 0.15) is 24.8 Å². The van der Waals surface area contributed by atoms with Crippen LogP contribution >= 0.6 is 35.6 Å². The lowest BCUT2D eigenvalue weighted by atomic mass is 9.84. The zero-order valence-electron chi connectivity index (χ0n) is 12.2. The summed E-state index contributed by atoms with van der Waals surface area (Å²) < 4.78 is 0. The van der Waals surface area contributed by atoms with Crippen LogP contribution in [0.3, 0.4) is 0 Å². The number of nitrogens with one attached hydrogen (secondary N) is 1. The van der Waals surface area contributed by atoms with Crippen molar-refractivity contribution in [3.63, 3.8) is 0 Å². The Labute approximate surface area is 147 Å². The molecule has 22 heavy (non-hydrogen) atoms. The second-order valence-electron chi connectivity index (χ2n) is 6.19. The number of hydrogen-bond acceptors (Lipinski definition) is 2.